The molecule has 2 aliphatic rings. The standard InChI is InChI=1S/C19H27N3O3/c1-12-4-3-5-17(13(12)2)21-19(25)20-15-8-16(9-15)22(11-18(23)24)10-14-6-7-14/h3-5,14-16H,6-11H2,1-2H3,(H,23,24)(H2,20,21,25). The van der Waals surface area contributed by atoms with Gasteiger partial charge < -0.3 is 15.7 Å². The number of hydrogen-bond acceptors (Lipinski definition) is 3. The Morgan fingerprint density at radius 2 is 1.96 bits per heavy atom. The average molecular weight is 345 g/mol. The van der Waals surface area contributed by atoms with Crippen LogP contribution >= 0.6 is 0 Å². The molecule has 3 N–H and O–H groups in total. The van der Waals surface area contributed by atoms with E-state index in [-0.39, 0.29) is 24.7 Å². The van der Waals surface area contributed by atoms with Crippen LogP contribution in [0.15, 0.2) is 18.2 Å². The molecule has 0 saturated heterocycles. The van der Waals surface area contributed by atoms with Crippen molar-refractivity contribution in [3.05, 3.63) is 29.3 Å². The Morgan fingerprint density at radius 3 is 2.60 bits per heavy atom. The summed E-state index contributed by atoms with van der Waals surface area (Å²) >= 11 is 0. The Morgan fingerprint density at radius 1 is 1.24 bits per heavy atom. The lowest BCUT2D eigenvalue weighted by atomic mass is 9.85. The molecular formula is C19H27N3O3. The van der Waals surface area contributed by atoms with Gasteiger partial charge in [-0.1, -0.05) is 12.1 Å². The summed E-state index contributed by atoms with van der Waals surface area (Å²) in [5.41, 5.74) is 3.04. The number of carboxylic acids is 1. The van der Waals surface area contributed by atoms with Crippen LogP contribution in [-0.2, 0) is 4.79 Å². The highest BCUT2D eigenvalue weighted by Crippen LogP contribution is 2.33. The molecule has 0 heterocycles. The molecule has 1 aromatic rings. The molecule has 6 nitrogen and oxygen atoms in total. The van der Waals surface area contributed by atoms with Crippen LogP contribution in [0.3, 0.4) is 0 Å². The van der Waals surface area contributed by atoms with Gasteiger partial charge in [0, 0.05) is 24.3 Å². The number of nitrogens with zero attached hydrogens (tertiary/aromatic N) is 1. The zero-order valence-corrected chi connectivity index (χ0v) is 14.9. The van der Waals surface area contributed by atoms with Gasteiger partial charge in [-0.3, -0.25) is 9.69 Å². The first-order chi connectivity index (χ1) is 11.9. The zero-order valence-electron chi connectivity index (χ0n) is 14.9. The van der Waals surface area contributed by atoms with E-state index in [4.69, 9.17) is 5.11 Å². The first-order valence-electron chi connectivity index (χ1n) is 9.02. The molecule has 2 saturated carbocycles. The molecule has 25 heavy (non-hydrogen) atoms. The summed E-state index contributed by atoms with van der Waals surface area (Å²) in [6, 6.07) is 6.04. The molecule has 6 heteroatoms. The first kappa shape index (κ1) is 17.7. The highest BCUT2D eigenvalue weighted by molar-refractivity contribution is 5.90. The van der Waals surface area contributed by atoms with Crippen LogP contribution < -0.4 is 10.6 Å². The predicted molar refractivity (Wildman–Crippen MR) is 96.8 cm³/mol. The SMILES string of the molecule is Cc1cccc(NC(=O)NC2CC(N(CC(=O)O)CC3CC3)C2)c1C. The molecular weight excluding hydrogens is 318 g/mol. The monoisotopic (exact) mass is 345 g/mol. The lowest BCUT2D eigenvalue weighted by Crippen LogP contribution is -2.55. The van der Waals surface area contributed by atoms with Crippen LogP contribution in [-0.4, -0.2) is 47.2 Å². The molecule has 0 radical (unpaired) electrons. The second-order valence-corrected chi connectivity index (χ2v) is 7.43. The average Bonchev–Trinajstić information content (AvgIpc) is 3.30. The van der Waals surface area contributed by atoms with Gasteiger partial charge in [-0.25, -0.2) is 4.79 Å². The number of urea groups is 1. The van der Waals surface area contributed by atoms with Crippen LogP contribution in [0.5, 0.6) is 0 Å². The molecule has 3 rings (SSSR count). The summed E-state index contributed by atoms with van der Waals surface area (Å²) in [6.45, 7) is 4.98. The first-order valence-corrected chi connectivity index (χ1v) is 9.02. The Bertz CT molecular complexity index is 651. The molecule has 0 spiro atoms. The number of aryl methyl sites for hydroxylation is 1. The maximum atomic E-state index is 12.2. The summed E-state index contributed by atoms with van der Waals surface area (Å²) < 4.78 is 0. The van der Waals surface area contributed by atoms with E-state index in [9.17, 15) is 9.59 Å². The highest BCUT2D eigenvalue weighted by atomic mass is 16.4. The van der Waals surface area contributed by atoms with Crippen LogP contribution in [0.1, 0.15) is 36.8 Å². The van der Waals surface area contributed by atoms with Crippen LogP contribution in [0, 0.1) is 19.8 Å². The summed E-state index contributed by atoms with van der Waals surface area (Å²) in [7, 11) is 0. The third-order valence-corrected chi connectivity index (χ3v) is 5.35. The summed E-state index contributed by atoms with van der Waals surface area (Å²) in [6.07, 6.45) is 4.06. The van der Waals surface area contributed by atoms with E-state index >= 15 is 0 Å². The van der Waals surface area contributed by atoms with Crippen molar-refractivity contribution in [1.82, 2.24) is 10.2 Å². The lowest BCUT2D eigenvalue weighted by molar-refractivity contribution is -0.139. The van der Waals surface area contributed by atoms with Gasteiger partial charge in [-0.15, -0.1) is 0 Å². The van der Waals surface area contributed by atoms with Crippen molar-refractivity contribution in [2.45, 2.75) is 51.6 Å². The number of hydrogen-bond donors (Lipinski definition) is 3. The Kier molecular flexibility index (Phi) is 5.27. The number of benzene rings is 1. The molecule has 2 fully saturated rings. The van der Waals surface area contributed by atoms with Crippen molar-refractivity contribution >= 4 is 17.7 Å². The van der Waals surface area contributed by atoms with E-state index in [0.29, 0.717) is 5.92 Å². The highest BCUT2D eigenvalue weighted by Gasteiger charge is 2.37. The molecule has 136 valence electrons. The van der Waals surface area contributed by atoms with Crippen molar-refractivity contribution in [1.29, 1.82) is 0 Å². The Hall–Kier alpha value is -2.08. The number of carbonyl (C=O) groups excluding carboxylic acids is 1. The van der Waals surface area contributed by atoms with Crippen molar-refractivity contribution in [2.24, 2.45) is 5.92 Å². The van der Waals surface area contributed by atoms with E-state index < -0.39 is 5.97 Å². The zero-order chi connectivity index (χ0) is 18.0. The van der Waals surface area contributed by atoms with Gasteiger partial charge in [0.25, 0.3) is 0 Å². The van der Waals surface area contributed by atoms with Crippen molar-refractivity contribution in [3.63, 3.8) is 0 Å². The summed E-state index contributed by atoms with van der Waals surface area (Å²) in [4.78, 5) is 25.3. The number of rotatable bonds is 7. The van der Waals surface area contributed by atoms with Crippen molar-refractivity contribution < 1.29 is 14.7 Å². The van der Waals surface area contributed by atoms with Crippen molar-refractivity contribution in [2.75, 3.05) is 18.4 Å². The topological polar surface area (TPSA) is 81.7 Å². The molecule has 0 aromatic heterocycles. The summed E-state index contributed by atoms with van der Waals surface area (Å²) in [5, 5.41) is 15.0. The number of amides is 2. The third-order valence-electron chi connectivity index (χ3n) is 5.35. The number of nitrogens with one attached hydrogen (secondary N) is 2. The van der Waals surface area contributed by atoms with E-state index in [1.54, 1.807) is 0 Å². The molecule has 1 aromatic carbocycles. The number of anilines is 1. The molecule has 2 aliphatic carbocycles. The summed E-state index contributed by atoms with van der Waals surface area (Å²) in [5.74, 6) is -0.108. The van der Waals surface area contributed by atoms with Gasteiger partial charge in [0.1, 0.15) is 0 Å². The van der Waals surface area contributed by atoms with E-state index in [0.717, 1.165) is 36.2 Å². The van der Waals surface area contributed by atoms with Gasteiger partial charge in [0.15, 0.2) is 0 Å². The van der Waals surface area contributed by atoms with Crippen LogP contribution in [0.4, 0.5) is 10.5 Å². The number of aliphatic carboxylic acids is 1. The molecule has 0 aliphatic heterocycles. The minimum atomic E-state index is -0.773. The smallest absolute Gasteiger partial charge is 0.319 e. The predicted octanol–water partition coefficient (Wildman–Crippen LogP) is 2.75. The maximum Gasteiger partial charge on any atom is 0.319 e. The maximum absolute atomic E-state index is 12.2. The van der Waals surface area contributed by atoms with Gasteiger partial charge in [-0.2, -0.15) is 0 Å². The third kappa shape index (κ3) is 4.72. The fourth-order valence-corrected chi connectivity index (χ4v) is 3.38. The van der Waals surface area contributed by atoms with Gasteiger partial charge in [0.05, 0.1) is 6.54 Å². The van der Waals surface area contributed by atoms with Crippen molar-refractivity contribution in [3.8, 4) is 0 Å². The minimum absolute atomic E-state index is 0.0998. The lowest BCUT2D eigenvalue weighted by Gasteiger charge is -2.42. The molecule has 0 bridgehead atoms. The quantitative estimate of drug-likeness (QED) is 0.710. The molecule has 0 unspecified atom stereocenters. The van der Waals surface area contributed by atoms with E-state index in [1.165, 1.54) is 12.8 Å². The Balaban J connectivity index is 1.46. The molecule has 2 amide bonds. The second kappa shape index (κ2) is 7.44. The molecule has 0 atom stereocenters. The Labute approximate surface area is 148 Å². The van der Waals surface area contributed by atoms with Gasteiger partial charge >= 0.3 is 12.0 Å². The van der Waals surface area contributed by atoms with Gasteiger partial charge in [0.2, 0.25) is 0 Å². The number of carboxylic acid groups (broad SMARTS) is 1. The van der Waals surface area contributed by atoms with Crippen LogP contribution in [0.25, 0.3) is 0 Å². The van der Waals surface area contributed by atoms with E-state index in [2.05, 4.69) is 15.5 Å². The van der Waals surface area contributed by atoms with E-state index in [1.807, 2.05) is 32.0 Å². The fraction of sp³-hybridized carbons (Fsp3) is 0.579. The van der Waals surface area contributed by atoms with Gasteiger partial charge in [-0.05, 0) is 62.6 Å². The normalized spacial score (nSPS) is 22.4. The number of carbonyl (C=O) groups is 2. The largest absolute Gasteiger partial charge is 0.480 e. The van der Waals surface area contributed by atoms with Crippen LogP contribution in [0.2, 0.25) is 0 Å². The second-order valence-electron chi connectivity index (χ2n) is 7.43. The minimum Gasteiger partial charge on any atom is -0.480 e. The fourth-order valence-electron chi connectivity index (χ4n) is 3.38.